The van der Waals surface area contributed by atoms with Gasteiger partial charge in [0, 0.05) is 6.20 Å². The molecule has 0 aliphatic heterocycles. The van der Waals surface area contributed by atoms with E-state index >= 15 is 0 Å². The maximum absolute atomic E-state index is 10.8. The van der Waals surface area contributed by atoms with Crippen LogP contribution in [0.1, 0.15) is 17.4 Å². The average Bonchev–Trinajstić information content (AvgIpc) is 2.41. The number of aromatic nitrogens is 2. The molecule has 0 saturated heterocycles. The lowest BCUT2D eigenvalue weighted by molar-refractivity contribution is 0.0689. The second-order valence-electron chi connectivity index (χ2n) is 3.51. The third kappa shape index (κ3) is 3.19. The van der Waals surface area contributed by atoms with Crippen molar-refractivity contribution in [2.75, 3.05) is 6.61 Å². The molecule has 0 unspecified atom stereocenters. The van der Waals surface area contributed by atoms with Crippen LogP contribution < -0.4 is 9.47 Å². The van der Waals surface area contributed by atoms with E-state index in [0.717, 1.165) is 0 Å². The highest BCUT2D eigenvalue weighted by molar-refractivity contribution is 5.85. The summed E-state index contributed by atoms with van der Waals surface area (Å²) in [4.78, 5) is 18.5. The lowest BCUT2D eigenvalue weighted by atomic mass is 10.3. The predicted molar refractivity (Wildman–Crippen MR) is 66.7 cm³/mol. The first-order chi connectivity index (χ1) is 9.20. The summed E-state index contributed by atoms with van der Waals surface area (Å²) in [6.45, 7) is 2.36. The molecule has 1 heterocycles. The fourth-order valence-electron chi connectivity index (χ4n) is 1.42. The van der Waals surface area contributed by atoms with Gasteiger partial charge in [-0.05, 0) is 25.1 Å². The molecular weight excluding hydrogens is 248 g/mol. The van der Waals surface area contributed by atoms with Crippen molar-refractivity contribution in [3.8, 4) is 17.5 Å². The maximum Gasteiger partial charge on any atom is 0.354 e. The molecule has 1 aromatic heterocycles. The smallest absolute Gasteiger partial charge is 0.354 e. The monoisotopic (exact) mass is 260 g/mol. The standard InChI is InChI=1S/C13H12N2O4/c1-2-18-10-5-3-4-6-11(10)19-13-14-8-7-9(15-13)12(16)17/h3-8H,2H2,1H3,(H,16,17). The van der Waals surface area contributed by atoms with Crippen LogP contribution in [-0.4, -0.2) is 27.7 Å². The molecule has 0 fully saturated rings. The van der Waals surface area contributed by atoms with Crippen molar-refractivity contribution in [1.29, 1.82) is 0 Å². The van der Waals surface area contributed by atoms with E-state index in [1.807, 2.05) is 13.0 Å². The van der Waals surface area contributed by atoms with Gasteiger partial charge in [-0.1, -0.05) is 12.1 Å². The molecule has 0 atom stereocenters. The van der Waals surface area contributed by atoms with Gasteiger partial charge in [-0.15, -0.1) is 0 Å². The molecule has 6 heteroatoms. The van der Waals surface area contributed by atoms with Gasteiger partial charge in [0.1, 0.15) is 0 Å². The van der Waals surface area contributed by atoms with E-state index < -0.39 is 5.97 Å². The number of rotatable bonds is 5. The Morgan fingerprint density at radius 1 is 1.26 bits per heavy atom. The summed E-state index contributed by atoms with van der Waals surface area (Å²) in [7, 11) is 0. The van der Waals surface area contributed by atoms with Gasteiger partial charge in [0.25, 0.3) is 0 Å². The zero-order chi connectivity index (χ0) is 13.7. The van der Waals surface area contributed by atoms with Gasteiger partial charge < -0.3 is 14.6 Å². The van der Waals surface area contributed by atoms with E-state index in [1.165, 1.54) is 12.3 Å². The van der Waals surface area contributed by atoms with Crippen molar-refractivity contribution in [2.24, 2.45) is 0 Å². The van der Waals surface area contributed by atoms with Crippen LogP contribution in [0.3, 0.4) is 0 Å². The SMILES string of the molecule is CCOc1ccccc1Oc1nccc(C(=O)O)n1. The molecule has 1 aromatic carbocycles. The van der Waals surface area contributed by atoms with E-state index in [1.54, 1.807) is 18.2 Å². The van der Waals surface area contributed by atoms with Crippen LogP contribution in [0.25, 0.3) is 0 Å². The van der Waals surface area contributed by atoms with Gasteiger partial charge in [0.15, 0.2) is 17.2 Å². The molecule has 0 radical (unpaired) electrons. The van der Waals surface area contributed by atoms with E-state index in [0.29, 0.717) is 18.1 Å². The van der Waals surface area contributed by atoms with Crippen molar-refractivity contribution in [1.82, 2.24) is 9.97 Å². The fraction of sp³-hybridized carbons (Fsp3) is 0.154. The predicted octanol–water partition coefficient (Wildman–Crippen LogP) is 2.37. The van der Waals surface area contributed by atoms with Crippen LogP contribution in [0, 0.1) is 0 Å². The van der Waals surface area contributed by atoms with Crippen LogP contribution >= 0.6 is 0 Å². The third-order valence-electron chi connectivity index (χ3n) is 2.20. The Hall–Kier alpha value is -2.63. The molecule has 0 amide bonds. The maximum atomic E-state index is 10.8. The Kier molecular flexibility index (Phi) is 3.92. The molecule has 6 nitrogen and oxygen atoms in total. The summed E-state index contributed by atoms with van der Waals surface area (Å²) in [5.74, 6) is -0.147. The zero-order valence-corrected chi connectivity index (χ0v) is 10.2. The normalized spacial score (nSPS) is 9.95. The number of para-hydroxylation sites is 2. The van der Waals surface area contributed by atoms with Gasteiger partial charge in [0.2, 0.25) is 0 Å². The first-order valence-corrected chi connectivity index (χ1v) is 5.66. The minimum atomic E-state index is -1.13. The summed E-state index contributed by atoms with van der Waals surface area (Å²) in [5, 5.41) is 8.84. The summed E-state index contributed by atoms with van der Waals surface area (Å²) in [6.07, 6.45) is 1.33. The summed E-state index contributed by atoms with van der Waals surface area (Å²) < 4.78 is 10.8. The number of carboxylic acids is 1. The lowest BCUT2D eigenvalue weighted by Gasteiger charge is -2.09. The molecular formula is C13H12N2O4. The number of carbonyl (C=O) groups is 1. The Morgan fingerprint density at radius 3 is 2.68 bits per heavy atom. The van der Waals surface area contributed by atoms with Crippen molar-refractivity contribution in [3.63, 3.8) is 0 Å². The van der Waals surface area contributed by atoms with E-state index in [-0.39, 0.29) is 11.7 Å². The van der Waals surface area contributed by atoms with E-state index in [2.05, 4.69) is 9.97 Å². The molecule has 0 bridgehead atoms. The van der Waals surface area contributed by atoms with Crippen LogP contribution in [0.5, 0.6) is 17.5 Å². The van der Waals surface area contributed by atoms with Gasteiger partial charge in [-0.3, -0.25) is 0 Å². The highest BCUT2D eigenvalue weighted by Gasteiger charge is 2.10. The number of hydrogen-bond donors (Lipinski definition) is 1. The summed E-state index contributed by atoms with van der Waals surface area (Å²) >= 11 is 0. The molecule has 1 N–H and O–H groups in total. The van der Waals surface area contributed by atoms with Gasteiger partial charge in [0.05, 0.1) is 6.61 Å². The number of hydrogen-bond acceptors (Lipinski definition) is 5. The number of nitrogens with zero attached hydrogens (tertiary/aromatic N) is 2. The van der Waals surface area contributed by atoms with Crippen LogP contribution in [0.2, 0.25) is 0 Å². The van der Waals surface area contributed by atoms with E-state index in [9.17, 15) is 4.79 Å². The number of carboxylic acid groups (broad SMARTS) is 1. The minimum Gasteiger partial charge on any atom is -0.490 e. The third-order valence-corrected chi connectivity index (χ3v) is 2.20. The number of aromatic carboxylic acids is 1. The van der Waals surface area contributed by atoms with Crippen LogP contribution in [0.4, 0.5) is 0 Å². The number of benzene rings is 1. The molecule has 2 rings (SSSR count). The van der Waals surface area contributed by atoms with Crippen molar-refractivity contribution in [3.05, 3.63) is 42.2 Å². The van der Waals surface area contributed by atoms with Crippen LogP contribution in [-0.2, 0) is 0 Å². The van der Waals surface area contributed by atoms with E-state index in [4.69, 9.17) is 14.6 Å². The second kappa shape index (κ2) is 5.81. The second-order valence-corrected chi connectivity index (χ2v) is 3.51. The van der Waals surface area contributed by atoms with Crippen molar-refractivity contribution < 1.29 is 19.4 Å². The molecule has 2 aromatic rings. The Balaban J connectivity index is 2.26. The van der Waals surface area contributed by atoms with Gasteiger partial charge in [-0.2, -0.15) is 4.98 Å². The zero-order valence-electron chi connectivity index (χ0n) is 10.2. The minimum absolute atomic E-state index is 0.0351. The fourth-order valence-corrected chi connectivity index (χ4v) is 1.42. The van der Waals surface area contributed by atoms with Gasteiger partial charge in [-0.25, -0.2) is 9.78 Å². The quantitative estimate of drug-likeness (QED) is 0.888. The van der Waals surface area contributed by atoms with Crippen molar-refractivity contribution in [2.45, 2.75) is 6.92 Å². The average molecular weight is 260 g/mol. The lowest BCUT2D eigenvalue weighted by Crippen LogP contribution is -2.03. The van der Waals surface area contributed by atoms with Crippen molar-refractivity contribution >= 4 is 5.97 Å². The topological polar surface area (TPSA) is 81.5 Å². The molecule has 0 spiro atoms. The molecule has 19 heavy (non-hydrogen) atoms. The summed E-state index contributed by atoms with van der Waals surface area (Å²) in [6, 6.07) is 8.29. The number of ether oxygens (including phenoxy) is 2. The molecule has 0 aliphatic carbocycles. The highest BCUT2D eigenvalue weighted by atomic mass is 16.5. The molecule has 98 valence electrons. The first kappa shape index (κ1) is 12.8. The molecule has 0 saturated carbocycles. The Morgan fingerprint density at radius 2 is 2.00 bits per heavy atom. The first-order valence-electron chi connectivity index (χ1n) is 5.66. The Labute approximate surface area is 109 Å². The molecule has 0 aliphatic rings. The van der Waals surface area contributed by atoms with Crippen LogP contribution in [0.15, 0.2) is 36.5 Å². The summed E-state index contributed by atoms with van der Waals surface area (Å²) in [5.41, 5.74) is -0.126. The van der Waals surface area contributed by atoms with Gasteiger partial charge >= 0.3 is 12.0 Å². The largest absolute Gasteiger partial charge is 0.490 e. The highest BCUT2D eigenvalue weighted by Crippen LogP contribution is 2.29. The Bertz CT molecular complexity index is 586.